The van der Waals surface area contributed by atoms with Crippen molar-refractivity contribution in [2.75, 3.05) is 12.0 Å². The third-order valence-corrected chi connectivity index (χ3v) is 7.37. The van der Waals surface area contributed by atoms with Crippen LogP contribution in [0.5, 0.6) is 0 Å². The van der Waals surface area contributed by atoms with Gasteiger partial charge < -0.3 is 10.5 Å². The van der Waals surface area contributed by atoms with Crippen molar-refractivity contribution in [3.63, 3.8) is 0 Å². The maximum absolute atomic E-state index is 13.6. The van der Waals surface area contributed by atoms with E-state index in [9.17, 15) is 28.0 Å². The number of nitrogens with zero attached hydrogens (tertiary/aromatic N) is 4. The second-order valence-electron chi connectivity index (χ2n) is 10.1. The number of carbonyl (C=O) groups excluding carboxylic acids is 2. The zero-order chi connectivity index (χ0) is 31.6. The molecule has 3 aromatic rings. The van der Waals surface area contributed by atoms with Gasteiger partial charge in [-0.25, -0.2) is 14.2 Å². The number of allylic oxidation sites excluding steroid dienone is 1. The maximum Gasteiger partial charge on any atom is 0.416 e. The molecule has 0 bridgehead atoms. The number of benzene rings is 2. The average molecular weight is 592 g/mol. The first-order valence-corrected chi connectivity index (χ1v) is 13.2. The van der Waals surface area contributed by atoms with Crippen molar-refractivity contribution in [2.24, 2.45) is 5.73 Å². The van der Waals surface area contributed by atoms with E-state index in [2.05, 4.69) is 6.07 Å². The van der Waals surface area contributed by atoms with Crippen molar-refractivity contribution in [1.29, 1.82) is 10.7 Å². The number of guanidine groups is 1. The quantitative estimate of drug-likeness (QED) is 0.307. The molecule has 9 nitrogen and oxygen atoms in total. The number of nitrogens with one attached hydrogen (secondary N) is 1. The van der Waals surface area contributed by atoms with E-state index in [-0.39, 0.29) is 17.0 Å². The maximum atomic E-state index is 13.6. The van der Waals surface area contributed by atoms with Gasteiger partial charge in [0.2, 0.25) is 5.96 Å². The molecule has 43 heavy (non-hydrogen) atoms. The van der Waals surface area contributed by atoms with Crippen molar-refractivity contribution < 1.29 is 32.1 Å². The summed E-state index contributed by atoms with van der Waals surface area (Å²) >= 11 is 0. The molecule has 2 aromatic carbocycles. The number of halogens is 3. The SMILES string of the molecule is COC(=O)C1=C(C)N(c2cccc(C(F)(F)F)c2)C(=N)N(C(N)=O)[C@@H]1c1ccc(C#N)cc1CC[n+]1ccc(C)cc1C. The number of ether oxygens (including phenoxy) is 1. The summed E-state index contributed by atoms with van der Waals surface area (Å²) in [4.78, 5) is 28.2. The largest absolute Gasteiger partial charge is 0.466 e. The van der Waals surface area contributed by atoms with Gasteiger partial charge in [0.15, 0.2) is 18.4 Å². The molecule has 0 spiro atoms. The number of methoxy groups -OCH3 is 1. The van der Waals surface area contributed by atoms with Gasteiger partial charge in [-0.1, -0.05) is 12.1 Å². The lowest BCUT2D eigenvalue weighted by molar-refractivity contribution is -0.702. The van der Waals surface area contributed by atoms with Gasteiger partial charge in [-0.15, -0.1) is 0 Å². The van der Waals surface area contributed by atoms with Gasteiger partial charge in [0, 0.05) is 36.9 Å². The molecule has 0 unspecified atom stereocenters. The number of primary amides is 1. The Morgan fingerprint density at radius 1 is 1.12 bits per heavy atom. The van der Waals surface area contributed by atoms with E-state index >= 15 is 0 Å². The Labute approximate surface area is 246 Å². The molecule has 4 rings (SSSR count). The molecule has 0 fully saturated rings. The number of pyridine rings is 1. The predicted octanol–water partition coefficient (Wildman–Crippen LogP) is 5.05. The summed E-state index contributed by atoms with van der Waals surface area (Å²) < 4.78 is 47.8. The van der Waals surface area contributed by atoms with Crippen molar-refractivity contribution in [1.82, 2.24) is 4.90 Å². The van der Waals surface area contributed by atoms with Crippen LogP contribution in [0.2, 0.25) is 0 Å². The number of aromatic nitrogens is 1. The van der Waals surface area contributed by atoms with Crippen LogP contribution in [0.4, 0.5) is 23.7 Å². The molecule has 1 aliphatic rings. The van der Waals surface area contributed by atoms with Crippen LogP contribution in [0.1, 0.15) is 46.5 Å². The lowest BCUT2D eigenvalue weighted by Gasteiger charge is -2.43. The van der Waals surface area contributed by atoms with Gasteiger partial charge in [0.25, 0.3) is 0 Å². The fraction of sp³-hybridized carbons (Fsp3) is 0.258. The first kappa shape index (κ1) is 30.8. The highest BCUT2D eigenvalue weighted by Crippen LogP contribution is 2.42. The minimum absolute atomic E-state index is 0.0812. The fourth-order valence-electron chi connectivity index (χ4n) is 5.31. The first-order valence-electron chi connectivity index (χ1n) is 13.2. The summed E-state index contributed by atoms with van der Waals surface area (Å²) in [5.41, 5.74) is 8.14. The minimum atomic E-state index is -4.67. The highest BCUT2D eigenvalue weighted by atomic mass is 19.4. The number of aryl methyl sites for hydroxylation is 4. The fourth-order valence-corrected chi connectivity index (χ4v) is 5.31. The molecule has 0 saturated heterocycles. The monoisotopic (exact) mass is 591 g/mol. The molecular weight excluding hydrogens is 561 g/mol. The van der Waals surface area contributed by atoms with Crippen LogP contribution in [0, 0.1) is 30.6 Å². The number of nitriles is 1. The molecule has 0 saturated carbocycles. The zero-order valence-electron chi connectivity index (χ0n) is 24.0. The number of alkyl halides is 3. The Bertz CT molecular complexity index is 1690. The first-order chi connectivity index (χ1) is 20.3. The molecule has 222 valence electrons. The van der Waals surface area contributed by atoms with Gasteiger partial charge in [-0.3, -0.25) is 15.2 Å². The van der Waals surface area contributed by atoms with Crippen molar-refractivity contribution in [3.05, 3.63) is 106 Å². The molecule has 2 amide bonds. The Morgan fingerprint density at radius 3 is 2.44 bits per heavy atom. The Hall–Kier alpha value is -5.18. The highest BCUT2D eigenvalue weighted by Gasteiger charge is 2.44. The molecule has 1 atom stereocenters. The molecular formula is C31H30F3N6O3+. The summed E-state index contributed by atoms with van der Waals surface area (Å²) in [6, 6.07) is 12.7. The van der Waals surface area contributed by atoms with Gasteiger partial charge in [0.1, 0.15) is 6.04 Å². The van der Waals surface area contributed by atoms with Crippen LogP contribution in [0.25, 0.3) is 0 Å². The molecule has 0 radical (unpaired) electrons. The van der Waals surface area contributed by atoms with Gasteiger partial charge >= 0.3 is 18.2 Å². The van der Waals surface area contributed by atoms with E-state index in [0.717, 1.165) is 40.3 Å². The second kappa shape index (κ2) is 12.0. The lowest BCUT2D eigenvalue weighted by atomic mass is 9.88. The number of urea groups is 1. The number of hydrogen-bond acceptors (Lipinski definition) is 5. The average Bonchev–Trinajstić information content (AvgIpc) is 2.95. The number of rotatable bonds is 6. The number of nitrogens with two attached hydrogens (primary N) is 1. The third kappa shape index (κ3) is 6.06. The second-order valence-corrected chi connectivity index (χ2v) is 10.1. The summed E-state index contributed by atoms with van der Waals surface area (Å²) in [5, 5.41) is 18.6. The van der Waals surface area contributed by atoms with Crippen LogP contribution in [0.15, 0.2) is 72.1 Å². The zero-order valence-corrected chi connectivity index (χ0v) is 24.0. The molecule has 0 aliphatic carbocycles. The van der Waals surface area contributed by atoms with Gasteiger partial charge in [-0.05, 0) is 60.9 Å². The molecule has 3 N–H and O–H groups in total. The van der Waals surface area contributed by atoms with Crippen LogP contribution >= 0.6 is 0 Å². The lowest BCUT2D eigenvalue weighted by Crippen LogP contribution is -2.55. The molecule has 1 aromatic heterocycles. The Kier molecular flexibility index (Phi) is 8.57. The normalized spacial score (nSPS) is 15.4. The van der Waals surface area contributed by atoms with E-state index in [1.165, 1.54) is 25.1 Å². The van der Waals surface area contributed by atoms with E-state index in [4.69, 9.17) is 15.9 Å². The number of amides is 2. The van der Waals surface area contributed by atoms with Crippen LogP contribution < -0.4 is 15.2 Å². The summed E-state index contributed by atoms with van der Waals surface area (Å²) in [6.45, 7) is 5.89. The standard InChI is InChI=1S/C31H29F3N6O3/c1-18-10-12-38(19(2)14-18)13-11-22-15-21(17-35)8-9-25(22)27-26(28(41)43-4)20(3)39(29(36)40(27)30(37)42)24-7-5-6-23(16-24)31(32,33)34/h5-10,12,14-16,27,36H,11,13H2,1-4H3,(H-,37,42)/p+1/t27-/m1/s1. The number of esters is 1. The van der Waals surface area contributed by atoms with E-state index in [1.54, 1.807) is 12.1 Å². The molecule has 12 heteroatoms. The Morgan fingerprint density at radius 2 is 1.84 bits per heavy atom. The van der Waals surface area contributed by atoms with Crippen molar-refractivity contribution in [3.8, 4) is 6.07 Å². The van der Waals surface area contributed by atoms with Gasteiger partial charge in [0.05, 0.1) is 29.9 Å². The van der Waals surface area contributed by atoms with Crippen molar-refractivity contribution in [2.45, 2.75) is 46.0 Å². The van der Waals surface area contributed by atoms with E-state index < -0.39 is 35.7 Å². The number of carbonyl (C=O) groups is 2. The number of anilines is 1. The van der Waals surface area contributed by atoms with Gasteiger partial charge in [-0.2, -0.15) is 18.4 Å². The summed E-state index contributed by atoms with van der Waals surface area (Å²) in [6.07, 6.45) is -2.37. The topological polar surface area (TPSA) is 127 Å². The predicted molar refractivity (Wildman–Crippen MR) is 152 cm³/mol. The van der Waals surface area contributed by atoms with Crippen LogP contribution in [-0.4, -0.2) is 30.0 Å². The third-order valence-electron chi connectivity index (χ3n) is 7.37. The van der Waals surface area contributed by atoms with E-state index in [0.29, 0.717) is 29.7 Å². The number of hydrogen-bond donors (Lipinski definition) is 2. The summed E-state index contributed by atoms with van der Waals surface area (Å²) in [5.74, 6) is -1.42. The smallest absolute Gasteiger partial charge is 0.416 e. The van der Waals surface area contributed by atoms with Crippen LogP contribution in [0.3, 0.4) is 0 Å². The molecule has 1 aliphatic heterocycles. The summed E-state index contributed by atoms with van der Waals surface area (Å²) in [7, 11) is 1.14. The highest BCUT2D eigenvalue weighted by molar-refractivity contribution is 6.10. The Balaban J connectivity index is 1.92. The van der Waals surface area contributed by atoms with E-state index in [1.807, 2.05) is 36.7 Å². The minimum Gasteiger partial charge on any atom is -0.466 e. The van der Waals surface area contributed by atoms with Crippen LogP contribution in [-0.2, 0) is 28.7 Å². The molecule has 2 heterocycles. The van der Waals surface area contributed by atoms with Crippen molar-refractivity contribution >= 4 is 23.6 Å².